The third kappa shape index (κ3) is 19.2. The smallest absolute Gasteiger partial charge is 0 e. The van der Waals surface area contributed by atoms with Gasteiger partial charge in [-0.2, -0.15) is 4.31 Å². The SMILES string of the molecule is O=P(O)(O)OP(=O)(O)O.[SrH2].[Zr]. The molecule has 0 unspecified atom stereocenters. The van der Waals surface area contributed by atoms with Crippen LogP contribution in [0.15, 0.2) is 0 Å². The Kier molecular flexibility index (Phi) is 12.2. The van der Waals surface area contributed by atoms with E-state index in [1.165, 1.54) is 0 Å². The van der Waals surface area contributed by atoms with Crippen molar-refractivity contribution in [1.29, 1.82) is 0 Å². The molecule has 0 saturated carbocycles. The summed E-state index contributed by atoms with van der Waals surface area (Å²) in [6, 6.07) is 0. The topological polar surface area (TPSA) is 124 Å². The molecule has 11 heavy (non-hydrogen) atoms. The molecule has 0 atom stereocenters. The number of hydrogen-bond donors (Lipinski definition) is 4. The molecule has 0 fully saturated rings. The van der Waals surface area contributed by atoms with Crippen LogP contribution in [0.5, 0.6) is 0 Å². The Bertz CT molecular complexity index is 157. The molecule has 0 spiro atoms. The fourth-order valence-corrected chi connectivity index (χ4v) is 1.25. The second-order valence-electron chi connectivity index (χ2n) is 1.06. The van der Waals surface area contributed by atoms with Crippen molar-refractivity contribution in [2.45, 2.75) is 0 Å². The summed E-state index contributed by atoms with van der Waals surface area (Å²) in [5.41, 5.74) is 0. The van der Waals surface area contributed by atoms with Gasteiger partial charge in [0.05, 0.1) is 0 Å². The molecule has 0 amide bonds. The van der Waals surface area contributed by atoms with E-state index < -0.39 is 15.6 Å². The Balaban J connectivity index is -0.000000320. The summed E-state index contributed by atoms with van der Waals surface area (Å²) >= 11 is 0. The normalized spacial score (nSPS) is 11.3. The van der Waals surface area contributed by atoms with E-state index in [-0.39, 0.29) is 71.7 Å². The van der Waals surface area contributed by atoms with E-state index in [1.54, 1.807) is 0 Å². The van der Waals surface area contributed by atoms with Gasteiger partial charge < -0.3 is 19.6 Å². The van der Waals surface area contributed by atoms with Crippen molar-refractivity contribution in [2.75, 3.05) is 0 Å². The van der Waals surface area contributed by atoms with Crippen LogP contribution in [0.1, 0.15) is 0 Å². The van der Waals surface area contributed by atoms with Gasteiger partial charge in [-0.05, 0) is 0 Å². The molecule has 4 N–H and O–H groups in total. The molecule has 0 bridgehead atoms. The van der Waals surface area contributed by atoms with E-state index in [0.29, 0.717) is 0 Å². The summed E-state index contributed by atoms with van der Waals surface area (Å²) in [7, 11) is -10.1. The van der Waals surface area contributed by atoms with Gasteiger partial charge in [-0.25, -0.2) is 9.13 Å². The molecule has 0 heterocycles. The molecule has 64 valence electrons. The van der Waals surface area contributed by atoms with Crippen molar-refractivity contribution in [3.8, 4) is 0 Å². The first-order valence-corrected chi connectivity index (χ1v) is 4.59. The molecular formula is H6O7P2SrZr. The van der Waals surface area contributed by atoms with Gasteiger partial charge in [-0.1, -0.05) is 0 Å². The zero-order chi connectivity index (χ0) is 7.71. The van der Waals surface area contributed by atoms with Crippen molar-refractivity contribution in [1.82, 2.24) is 0 Å². The predicted octanol–water partition coefficient (Wildman–Crippen LogP) is -1.73. The quantitative estimate of drug-likeness (QED) is 0.341. The van der Waals surface area contributed by atoms with Gasteiger partial charge in [-0.15, -0.1) is 0 Å². The second kappa shape index (κ2) is 6.99. The Hall–Kier alpha value is 2.62. The number of phosphoric acid groups is 2. The minimum Gasteiger partial charge on any atom is 0 e. The van der Waals surface area contributed by atoms with Crippen LogP contribution in [0.2, 0.25) is 0 Å². The molecule has 0 saturated heterocycles. The van der Waals surface area contributed by atoms with Crippen LogP contribution in [0.25, 0.3) is 0 Å². The first-order chi connectivity index (χ1) is 3.71. The van der Waals surface area contributed by atoms with Crippen LogP contribution in [0.4, 0.5) is 0 Å². The van der Waals surface area contributed by atoms with E-state index in [4.69, 9.17) is 19.6 Å². The molecule has 0 aromatic heterocycles. The van der Waals surface area contributed by atoms with Gasteiger partial charge in [0.25, 0.3) is 0 Å². The zero-order valence-electron chi connectivity index (χ0n) is 4.41. The van der Waals surface area contributed by atoms with Crippen LogP contribution in [0.3, 0.4) is 0 Å². The number of hydrogen-bond acceptors (Lipinski definition) is 3. The first kappa shape index (κ1) is 19.2. The average Bonchev–Trinajstić information content (AvgIpc) is 1.14. The summed E-state index contributed by atoms with van der Waals surface area (Å²) < 4.78 is 22.2. The molecule has 0 aromatic rings. The van der Waals surface area contributed by atoms with Crippen molar-refractivity contribution in [3.63, 3.8) is 0 Å². The van der Waals surface area contributed by atoms with Gasteiger partial charge in [-0.3, -0.25) is 0 Å². The van der Waals surface area contributed by atoms with E-state index in [0.717, 1.165) is 0 Å². The molecule has 0 rings (SSSR count). The van der Waals surface area contributed by atoms with Crippen molar-refractivity contribution >= 4 is 61.1 Å². The summed E-state index contributed by atoms with van der Waals surface area (Å²) in [5.74, 6) is 0. The van der Waals surface area contributed by atoms with Gasteiger partial charge in [0.15, 0.2) is 0 Å². The van der Waals surface area contributed by atoms with E-state index in [1.807, 2.05) is 0 Å². The van der Waals surface area contributed by atoms with Crippen LogP contribution in [-0.4, -0.2) is 65.1 Å². The third-order valence-corrected chi connectivity index (χ3v) is 1.91. The number of rotatable bonds is 2. The van der Waals surface area contributed by atoms with E-state index in [2.05, 4.69) is 4.31 Å². The van der Waals surface area contributed by atoms with Crippen LogP contribution < -0.4 is 0 Å². The maximum atomic E-state index is 9.63. The van der Waals surface area contributed by atoms with Crippen LogP contribution >= 0.6 is 15.6 Å². The zero-order valence-corrected chi connectivity index (χ0v) is 8.65. The van der Waals surface area contributed by atoms with Crippen LogP contribution in [0, 0.1) is 0 Å². The molecule has 0 aliphatic rings. The standard InChI is InChI=1S/H4O7P2.Sr.Zr.2H/c1-8(2,3)7-9(4,5)6;;;;/h(H2,1,2,3)(H2,4,5,6);;;;. The molecule has 0 aromatic carbocycles. The van der Waals surface area contributed by atoms with Crippen molar-refractivity contribution < 1.29 is 59.2 Å². The monoisotopic (exact) mass is 358 g/mol. The van der Waals surface area contributed by atoms with Gasteiger partial charge in [0, 0.05) is 26.2 Å². The maximum absolute atomic E-state index is 9.63. The molecule has 0 aliphatic carbocycles. The Morgan fingerprint density at radius 1 is 0.909 bits per heavy atom. The Morgan fingerprint density at radius 2 is 1.09 bits per heavy atom. The molecule has 11 heteroatoms. The third-order valence-electron chi connectivity index (χ3n) is 0.213. The Labute approximate surface area is 118 Å². The fourth-order valence-electron chi connectivity index (χ4n) is 0.139. The van der Waals surface area contributed by atoms with Gasteiger partial charge in [0.1, 0.15) is 0 Å². The van der Waals surface area contributed by atoms with Gasteiger partial charge >= 0.3 is 61.1 Å². The van der Waals surface area contributed by atoms with Crippen molar-refractivity contribution in [3.05, 3.63) is 0 Å². The molecule has 0 aliphatic heterocycles. The maximum Gasteiger partial charge on any atom is 0 e. The second-order valence-corrected chi connectivity index (χ2v) is 3.68. The molecular weight excluding hydrogens is 353 g/mol. The molecule has 0 radical (unpaired) electrons. The van der Waals surface area contributed by atoms with Crippen LogP contribution in [-0.2, 0) is 39.6 Å². The summed E-state index contributed by atoms with van der Waals surface area (Å²) in [5, 5.41) is 0. The minimum atomic E-state index is -5.05. The molecule has 7 nitrogen and oxygen atoms in total. The Morgan fingerprint density at radius 3 is 1.09 bits per heavy atom. The first-order valence-electron chi connectivity index (χ1n) is 1.53. The van der Waals surface area contributed by atoms with E-state index in [9.17, 15) is 9.13 Å². The van der Waals surface area contributed by atoms with Gasteiger partial charge in [0.2, 0.25) is 0 Å². The average molecular weight is 359 g/mol. The largest absolute Gasteiger partial charge is 0 e. The van der Waals surface area contributed by atoms with E-state index >= 15 is 0 Å². The summed E-state index contributed by atoms with van der Waals surface area (Å²) in [6.45, 7) is 0. The fraction of sp³-hybridized carbons (Fsp3) is 0. The predicted molar refractivity (Wildman–Crippen MR) is 33.7 cm³/mol. The summed E-state index contributed by atoms with van der Waals surface area (Å²) in [6.07, 6.45) is 0. The minimum absolute atomic E-state index is 0. The summed E-state index contributed by atoms with van der Waals surface area (Å²) in [4.78, 5) is 31.0. The van der Waals surface area contributed by atoms with Crippen molar-refractivity contribution in [2.24, 2.45) is 0 Å².